The van der Waals surface area contributed by atoms with Crippen molar-refractivity contribution in [1.29, 1.82) is 0 Å². The van der Waals surface area contributed by atoms with Crippen molar-refractivity contribution in [3.63, 3.8) is 0 Å². The highest BCUT2D eigenvalue weighted by atomic mass is 35.5. The molecule has 94 valence electrons. The molecular formula is C12H11ClN2OS2. The third-order valence-corrected chi connectivity index (χ3v) is 4.23. The summed E-state index contributed by atoms with van der Waals surface area (Å²) in [6.07, 6.45) is 0. The van der Waals surface area contributed by atoms with Gasteiger partial charge in [0, 0.05) is 16.6 Å². The maximum Gasteiger partial charge on any atom is 0.269 e. The van der Waals surface area contributed by atoms with E-state index in [1.807, 2.05) is 31.2 Å². The highest BCUT2D eigenvalue weighted by molar-refractivity contribution is 7.80. The smallest absolute Gasteiger partial charge is 0.269 e. The largest absolute Gasteiger partial charge is 0.363 e. The van der Waals surface area contributed by atoms with E-state index in [9.17, 15) is 4.79 Å². The molecule has 0 atom stereocenters. The Morgan fingerprint density at radius 3 is 2.83 bits per heavy atom. The second-order valence-corrected chi connectivity index (χ2v) is 5.39. The molecule has 6 heteroatoms. The molecular weight excluding hydrogens is 288 g/mol. The fourth-order valence-corrected chi connectivity index (χ4v) is 3.17. The fraction of sp³-hybridized carbons (Fsp3) is 0.167. The zero-order valence-electron chi connectivity index (χ0n) is 9.62. The van der Waals surface area contributed by atoms with Crippen LogP contribution in [0.3, 0.4) is 0 Å². The van der Waals surface area contributed by atoms with Crippen molar-refractivity contribution in [2.24, 2.45) is 0 Å². The number of amides is 1. The number of carbonyl (C=O) groups is 1. The van der Waals surface area contributed by atoms with E-state index in [1.54, 1.807) is 0 Å². The van der Waals surface area contributed by atoms with E-state index in [4.69, 9.17) is 23.8 Å². The van der Waals surface area contributed by atoms with Crippen molar-refractivity contribution in [2.45, 2.75) is 6.92 Å². The highest BCUT2D eigenvalue weighted by Crippen LogP contribution is 2.34. The molecule has 1 aromatic heterocycles. The predicted octanol–water partition coefficient (Wildman–Crippen LogP) is 3.18. The zero-order chi connectivity index (χ0) is 13.1. The van der Waals surface area contributed by atoms with Gasteiger partial charge >= 0.3 is 0 Å². The van der Waals surface area contributed by atoms with Crippen molar-refractivity contribution in [2.75, 3.05) is 6.54 Å². The van der Waals surface area contributed by atoms with Gasteiger partial charge in [-0.05, 0) is 25.2 Å². The number of hydrogen-bond acceptors (Lipinski definition) is 3. The normalized spacial score (nSPS) is 10.3. The molecule has 0 saturated heterocycles. The molecule has 0 saturated carbocycles. The molecule has 0 aliphatic rings. The van der Waals surface area contributed by atoms with Gasteiger partial charge in [-0.3, -0.25) is 10.1 Å². The molecule has 1 amide bonds. The second-order valence-electron chi connectivity index (χ2n) is 3.55. The van der Waals surface area contributed by atoms with Gasteiger partial charge in [-0.1, -0.05) is 29.8 Å². The van der Waals surface area contributed by atoms with Crippen LogP contribution in [0.25, 0.3) is 10.1 Å². The van der Waals surface area contributed by atoms with E-state index < -0.39 is 0 Å². The Morgan fingerprint density at radius 2 is 2.17 bits per heavy atom. The minimum Gasteiger partial charge on any atom is -0.363 e. The number of nitrogens with one attached hydrogen (secondary N) is 2. The zero-order valence-corrected chi connectivity index (χ0v) is 12.0. The number of benzene rings is 1. The SMILES string of the molecule is CCNC(=S)NC(=O)c1sc2ccccc2c1Cl. The Hall–Kier alpha value is -1.17. The van der Waals surface area contributed by atoms with Crippen LogP contribution < -0.4 is 10.6 Å². The minimum atomic E-state index is -0.271. The van der Waals surface area contributed by atoms with Crippen LogP contribution in [0.5, 0.6) is 0 Å². The Bertz CT molecular complexity index is 609. The quantitative estimate of drug-likeness (QED) is 0.837. The van der Waals surface area contributed by atoms with Crippen molar-refractivity contribution in [3.8, 4) is 0 Å². The fourth-order valence-electron chi connectivity index (χ4n) is 1.52. The van der Waals surface area contributed by atoms with Crippen molar-refractivity contribution >= 4 is 56.3 Å². The number of rotatable bonds is 2. The summed E-state index contributed by atoms with van der Waals surface area (Å²) in [7, 11) is 0. The molecule has 2 rings (SSSR count). The maximum atomic E-state index is 12.0. The van der Waals surface area contributed by atoms with Crippen LogP contribution in [0.15, 0.2) is 24.3 Å². The van der Waals surface area contributed by atoms with Gasteiger partial charge < -0.3 is 5.32 Å². The molecule has 2 N–H and O–H groups in total. The molecule has 0 fully saturated rings. The molecule has 1 heterocycles. The lowest BCUT2D eigenvalue weighted by Gasteiger charge is -2.06. The number of thiophene rings is 1. The molecule has 2 aromatic rings. The lowest BCUT2D eigenvalue weighted by atomic mass is 10.2. The summed E-state index contributed by atoms with van der Waals surface area (Å²) in [6, 6.07) is 7.64. The van der Waals surface area contributed by atoms with Crippen LogP contribution in [0.1, 0.15) is 16.6 Å². The standard InChI is InChI=1S/C12H11ClN2OS2/c1-2-14-12(17)15-11(16)10-9(13)7-5-3-4-6-8(7)18-10/h3-6H,2H2,1H3,(H2,14,15,16,17). The van der Waals surface area contributed by atoms with E-state index in [-0.39, 0.29) is 5.91 Å². The predicted molar refractivity (Wildman–Crippen MR) is 80.6 cm³/mol. The summed E-state index contributed by atoms with van der Waals surface area (Å²) in [4.78, 5) is 12.5. The van der Waals surface area contributed by atoms with Gasteiger partial charge in [-0.25, -0.2) is 0 Å². The molecule has 18 heavy (non-hydrogen) atoms. The average Bonchev–Trinajstić information content (AvgIpc) is 2.68. The van der Waals surface area contributed by atoms with E-state index in [0.717, 1.165) is 10.1 Å². The minimum absolute atomic E-state index is 0.271. The summed E-state index contributed by atoms with van der Waals surface area (Å²) in [6.45, 7) is 2.57. The van der Waals surface area contributed by atoms with E-state index in [1.165, 1.54) is 11.3 Å². The first-order valence-corrected chi connectivity index (χ1v) is 7.00. The molecule has 0 radical (unpaired) electrons. The van der Waals surface area contributed by atoms with Gasteiger partial charge in [0.1, 0.15) is 4.88 Å². The molecule has 3 nitrogen and oxygen atoms in total. The monoisotopic (exact) mass is 298 g/mol. The summed E-state index contributed by atoms with van der Waals surface area (Å²) in [5.74, 6) is -0.271. The van der Waals surface area contributed by atoms with Crippen LogP contribution in [0, 0.1) is 0 Å². The Balaban J connectivity index is 2.28. The number of halogens is 1. The number of thiocarbonyl (C=S) groups is 1. The third-order valence-electron chi connectivity index (χ3n) is 2.31. The summed E-state index contributed by atoms with van der Waals surface area (Å²) in [5, 5.41) is 7.15. The van der Waals surface area contributed by atoms with Crippen molar-refractivity contribution in [1.82, 2.24) is 10.6 Å². The number of fused-ring (bicyclic) bond motifs is 1. The van der Waals surface area contributed by atoms with Crippen LogP contribution in [-0.4, -0.2) is 17.6 Å². The first-order chi connectivity index (χ1) is 8.63. The lowest BCUT2D eigenvalue weighted by molar-refractivity contribution is 0.0981. The molecule has 0 spiro atoms. The van der Waals surface area contributed by atoms with Gasteiger partial charge in [0.05, 0.1) is 5.02 Å². The van der Waals surface area contributed by atoms with Gasteiger partial charge in [-0.15, -0.1) is 11.3 Å². The molecule has 1 aromatic carbocycles. The highest BCUT2D eigenvalue weighted by Gasteiger charge is 2.17. The van der Waals surface area contributed by atoms with Crippen LogP contribution in [0.4, 0.5) is 0 Å². The van der Waals surface area contributed by atoms with Gasteiger partial charge in [0.15, 0.2) is 5.11 Å². The third kappa shape index (κ3) is 2.63. The molecule has 0 bridgehead atoms. The Morgan fingerprint density at radius 1 is 1.44 bits per heavy atom. The molecule has 0 unspecified atom stereocenters. The van der Waals surface area contributed by atoms with Crippen LogP contribution in [-0.2, 0) is 0 Å². The Labute approximate surface area is 119 Å². The maximum absolute atomic E-state index is 12.0. The van der Waals surface area contributed by atoms with E-state index in [2.05, 4.69) is 10.6 Å². The van der Waals surface area contributed by atoms with E-state index in [0.29, 0.717) is 21.6 Å². The first kappa shape index (κ1) is 13.3. The average molecular weight is 299 g/mol. The number of carbonyl (C=O) groups excluding carboxylic acids is 1. The second kappa shape index (κ2) is 5.65. The van der Waals surface area contributed by atoms with E-state index >= 15 is 0 Å². The van der Waals surface area contributed by atoms with Gasteiger partial charge in [0.2, 0.25) is 0 Å². The van der Waals surface area contributed by atoms with Gasteiger partial charge in [-0.2, -0.15) is 0 Å². The lowest BCUT2D eigenvalue weighted by Crippen LogP contribution is -2.38. The first-order valence-electron chi connectivity index (χ1n) is 5.39. The van der Waals surface area contributed by atoms with Crippen LogP contribution in [0.2, 0.25) is 5.02 Å². The summed E-state index contributed by atoms with van der Waals surface area (Å²) >= 11 is 12.5. The molecule has 0 aliphatic heterocycles. The van der Waals surface area contributed by atoms with Crippen molar-refractivity contribution in [3.05, 3.63) is 34.2 Å². The summed E-state index contributed by atoms with van der Waals surface area (Å²) < 4.78 is 0.988. The molecule has 0 aliphatic carbocycles. The number of hydrogen-bond donors (Lipinski definition) is 2. The topological polar surface area (TPSA) is 41.1 Å². The summed E-state index contributed by atoms with van der Waals surface area (Å²) in [5.41, 5.74) is 0. The van der Waals surface area contributed by atoms with Crippen LogP contribution >= 0.6 is 35.2 Å². The van der Waals surface area contributed by atoms with Crippen molar-refractivity contribution < 1.29 is 4.79 Å². The van der Waals surface area contributed by atoms with Gasteiger partial charge in [0.25, 0.3) is 5.91 Å². The Kier molecular flexibility index (Phi) is 4.16.